The SMILES string of the molecule is O[C@H]1CCN(c2ccnc3ccccc23)C1. The Morgan fingerprint density at radius 1 is 1.25 bits per heavy atom. The second kappa shape index (κ2) is 3.76. The van der Waals surface area contributed by atoms with E-state index in [9.17, 15) is 5.11 Å². The van der Waals surface area contributed by atoms with E-state index in [2.05, 4.69) is 16.0 Å². The first-order valence-electron chi connectivity index (χ1n) is 5.61. The molecule has 0 spiro atoms. The van der Waals surface area contributed by atoms with E-state index in [-0.39, 0.29) is 6.10 Å². The maximum atomic E-state index is 9.58. The minimum atomic E-state index is -0.188. The smallest absolute Gasteiger partial charge is 0.0731 e. The summed E-state index contributed by atoms with van der Waals surface area (Å²) in [4.78, 5) is 6.57. The van der Waals surface area contributed by atoms with Gasteiger partial charge in [-0.2, -0.15) is 0 Å². The van der Waals surface area contributed by atoms with E-state index < -0.39 is 0 Å². The lowest BCUT2D eigenvalue weighted by atomic mass is 10.2. The van der Waals surface area contributed by atoms with Crippen LogP contribution in [0, 0.1) is 0 Å². The zero-order chi connectivity index (χ0) is 11.0. The molecule has 16 heavy (non-hydrogen) atoms. The van der Waals surface area contributed by atoms with Crippen molar-refractivity contribution in [3.8, 4) is 0 Å². The van der Waals surface area contributed by atoms with Crippen LogP contribution in [-0.4, -0.2) is 29.3 Å². The average molecular weight is 214 g/mol. The van der Waals surface area contributed by atoms with Gasteiger partial charge < -0.3 is 10.0 Å². The van der Waals surface area contributed by atoms with E-state index in [0.717, 1.165) is 25.0 Å². The highest BCUT2D eigenvalue weighted by Gasteiger charge is 2.21. The molecule has 82 valence electrons. The summed E-state index contributed by atoms with van der Waals surface area (Å²) in [6, 6.07) is 10.2. The molecule has 3 nitrogen and oxygen atoms in total. The third-order valence-corrected chi connectivity index (χ3v) is 3.13. The molecule has 0 aliphatic carbocycles. The highest BCUT2D eigenvalue weighted by molar-refractivity contribution is 5.91. The van der Waals surface area contributed by atoms with Gasteiger partial charge in [-0.15, -0.1) is 0 Å². The molecule has 0 radical (unpaired) electrons. The van der Waals surface area contributed by atoms with Gasteiger partial charge in [0.15, 0.2) is 0 Å². The molecule has 0 unspecified atom stereocenters. The minimum absolute atomic E-state index is 0.188. The van der Waals surface area contributed by atoms with Crippen molar-refractivity contribution in [2.45, 2.75) is 12.5 Å². The lowest BCUT2D eigenvalue weighted by Gasteiger charge is -2.19. The molecular weight excluding hydrogens is 200 g/mol. The van der Waals surface area contributed by atoms with E-state index in [1.54, 1.807) is 0 Å². The van der Waals surface area contributed by atoms with E-state index in [0.29, 0.717) is 0 Å². The summed E-state index contributed by atoms with van der Waals surface area (Å²) < 4.78 is 0. The maximum absolute atomic E-state index is 9.58. The van der Waals surface area contributed by atoms with Gasteiger partial charge in [-0.05, 0) is 18.6 Å². The Kier molecular flexibility index (Phi) is 2.26. The van der Waals surface area contributed by atoms with Crippen molar-refractivity contribution in [1.29, 1.82) is 0 Å². The summed E-state index contributed by atoms with van der Waals surface area (Å²) in [6.07, 6.45) is 2.51. The molecule has 1 saturated heterocycles. The Morgan fingerprint density at radius 3 is 2.94 bits per heavy atom. The first-order chi connectivity index (χ1) is 7.84. The van der Waals surface area contributed by atoms with Crippen LogP contribution in [0.5, 0.6) is 0 Å². The van der Waals surface area contributed by atoms with Gasteiger partial charge >= 0.3 is 0 Å². The number of aliphatic hydroxyl groups excluding tert-OH is 1. The number of fused-ring (bicyclic) bond motifs is 1. The maximum Gasteiger partial charge on any atom is 0.0731 e. The van der Waals surface area contributed by atoms with Crippen molar-refractivity contribution in [3.63, 3.8) is 0 Å². The number of β-amino-alcohol motifs (C(OH)–C–C–N with tert-alkyl or cyclic N) is 1. The molecule has 0 amide bonds. The Hall–Kier alpha value is -1.61. The normalized spacial score (nSPS) is 20.6. The molecule has 0 saturated carbocycles. The number of rotatable bonds is 1. The molecule has 1 fully saturated rings. The predicted octanol–water partition coefficient (Wildman–Crippen LogP) is 1.81. The van der Waals surface area contributed by atoms with Gasteiger partial charge in [-0.3, -0.25) is 4.98 Å². The fourth-order valence-electron chi connectivity index (χ4n) is 2.32. The highest BCUT2D eigenvalue weighted by Crippen LogP contribution is 2.27. The van der Waals surface area contributed by atoms with Crippen LogP contribution >= 0.6 is 0 Å². The van der Waals surface area contributed by atoms with Crippen LogP contribution in [-0.2, 0) is 0 Å². The molecule has 1 aliphatic heterocycles. The van der Waals surface area contributed by atoms with E-state index in [1.807, 2.05) is 30.5 Å². The standard InChI is InChI=1S/C13H14N2O/c16-10-6-8-15(9-10)13-5-7-14-12-4-2-1-3-11(12)13/h1-5,7,10,16H,6,8-9H2/t10-/m0/s1. The minimum Gasteiger partial charge on any atom is -0.391 e. The summed E-state index contributed by atoms with van der Waals surface area (Å²) in [7, 11) is 0. The van der Waals surface area contributed by atoms with Gasteiger partial charge in [-0.1, -0.05) is 18.2 Å². The summed E-state index contributed by atoms with van der Waals surface area (Å²) in [5.74, 6) is 0. The van der Waals surface area contributed by atoms with Gasteiger partial charge in [0.2, 0.25) is 0 Å². The largest absolute Gasteiger partial charge is 0.391 e. The molecule has 1 aromatic carbocycles. The van der Waals surface area contributed by atoms with Crippen LogP contribution in [0.25, 0.3) is 10.9 Å². The average Bonchev–Trinajstić information content (AvgIpc) is 2.75. The third-order valence-electron chi connectivity index (χ3n) is 3.13. The molecular formula is C13H14N2O. The first-order valence-corrected chi connectivity index (χ1v) is 5.61. The van der Waals surface area contributed by atoms with E-state index in [1.165, 1.54) is 11.1 Å². The van der Waals surface area contributed by atoms with Gasteiger partial charge in [-0.25, -0.2) is 0 Å². The third kappa shape index (κ3) is 1.53. The summed E-state index contributed by atoms with van der Waals surface area (Å²) in [5.41, 5.74) is 2.20. The van der Waals surface area contributed by atoms with Crippen molar-refractivity contribution in [2.24, 2.45) is 0 Å². The van der Waals surface area contributed by atoms with Gasteiger partial charge in [0.05, 0.1) is 11.6 Å². The zero-order valence-corrected chi connectivity index (χ0v) is 9.00. The monoisotopic (exact) mass is 214 g/mol. The second-order valence-electron chi connectivity index (χ2n) is 4.24. The van der Waals surface area contributed by atoms with Crippen molar-refractivity contribution < 1.29 is 5.11 Å². The summed E-state index contributed by atoms with van der Waals surface area (Å²) in [5, 5.41) is 10.7. The van der Waals surface area contributed by atoms with Gasteiger partial charge in [0.1, 0.15) is 0 Å². The molecule has 1 atom stereocenters. The topological polar surface area (TPSA) is 36.4 Å². The number of nitrogens with zero attached hydrogens (tertiary/aromatic N) is 2. The Balaban J connectivity index is 2.09. The fourth-order valence-corrected chi connectivity index (χ4v) is 2.32. The number of aromatic nitrogens is 1. The van der Waals surface area contributed by atoms with E-state index >= 15 is 0 Å². The number of benzene rings is 1. The van der Waals surface area contributed by atoms with Crippen LogP contribution in [0.4, 0.5) is 5.69 Å². The Morgan fingerprint density at radius 2 is 2.12 bits per heavy atom. The molecule has 1 aliphatic rings. The predicted molar refractivity (Wildman–Crippen MR) is 64.6 cm³/mol. The summed E-state index contributed by atoms with van der Waals surface area (Å²) in [6.45, 7) is 1.66. The molecule has 1 N–H and O–H groups in total. The Bertz CT molecular complexity index is 507. The zero-order valence-electron chi connectivity index (χ0n) is 9.00. The highest BCUT2D eigenvalue weighted by atomic mass is 16.3. The Labute approximate surface area is 94.3 Å². The first kappa shape index (κ1) is 9.60. The quantitative estimate of drug-likeness (QED) is 0.786. The molecule has 0 bridgehead atoms. The van der Waals surface area contributed by atoms with Crippen LogP contribution in [0.2, 0.25) is 0 Å². The van der Waals surface area contributed by atoms with Crippen molar-refractivity contribution >= 4 is 16.6 Å². The molecule has 3 rings (SSSR count). The molecule has 1 aromatic heterocycles. The molecule has 2 aromatic rings. The van der Waals surface area contributed by atoms with Crippen LogP contribution in [0.3, 0.4) is 0 Å². The number of hydrogen-bond donors (Lipinski definition) is 1. The van der Waals surface area contributed by atoms with Crippen molar-refractivity contribution in [3.05, 3.63) is 36.5 Å². The second-order valence-corrected chi connectivity index (χ2v) is 4.24. The van der Waals surface area contributed by atoms with E-state index in [4.69, 9.17) is 0 Å². The van der Waals surface area contributed by atoms with Gasteiger partial charge in [0, 0.05) is 30.4 Å². The number of anilines is 1. The number of para-hydroxylation sites is 1. The van der Waals surface area contributed by atoms with Crippen LogP contribution in [0.15, 0.2) is 36.5 Å². The number of hydrogen-bond acceptors (Lipinski definition) is 3. The summed E-state index contributed by atoms with van der Waals surface area (Å²) >= 11 is 0. The number of pyridine rings is 1. The molecule has 3 heteroatoms. The van der Waals surface area contributed by atoms with Gasteiger partial charge in [0.25, 0.3) is 0 Å². The fraction of sp³-hybridized carbons (Fsp3) is 0.308. The van der Waals surface area contributed by atoms with Crippen molar-refractivity contribution in [2.75, 3.05) is 18.0 Å². The van der Waals surface area contributed by atoms with Crippen LogP contribution < -0.4 is 4.90 Å². The van der Waals surface area contributed by atoms with Crippen LogP contribution in [0.1, 0.15) is 6.42 Å². The lowest BCUT2D eigenvalue weighted by molar-refractivity contribution is 0.198. The number of aliphatic hydroxyl groups is 1. The molecule has 2 heterocycles. The van der Waals surface area contributed by atoms with Crippen molar-refractivity contribution in [1.82, 2.24) is 4.98 Å². The lowest BCUT2D eigenvalue weighted by Crippen LogP contribution is -2.21.